The number of ether oxygens (including phenoxy) is 1. The van der Waals surface area contributed by atoms with E-state index in [1.165, 1.54) is 12.2 Å². The normalized spacial score (nSPS) is 32.1. The van der Waals surface area contributed by atoms with Crippen LogP contribution < -0.4 is 0 Å². The molecule has 1 aromatic heterocycles. The van der Waals surface area contributed by atoms with Crippen molar-refractivity contribution in [3.05, 3.63) is 11.7 Å². The maximum absolute atomic E-state index is 5.89. The lowest BCUT2D eigenvalue weighted by molar-refractivity contribution is 0.0193. The summed E-state index contributed by atoms with van der Waals surface area (Å²) < 4.78 is 11.4. The van der Waals surface area contributed by atoms with Crippen LogP contribution in [0.4, 0.5) is 0 Å². The molecule has 19 heavy (non-hydrogen) atoms. The maximum atomic E-state index is 5.89. The van der Waals surface area contributed by atoms with Gasteiger partial charge in [-0.2, -0.15) is 4.98 Å². The Hall–Kier alpha value is -0.550. The van der Waals surface area contributed by atoms with E-state index in [9.17, 15) is 0 Å². The van der Waals surface area contributed by atoms with E-state index in [-0.39, 0.29) is 17.4 Å². The van der Waals surface area contributed by atoms with Gasteiger partial charge in [-0.05, 0) is 30.4 Å². The van der Waals surface area contributed by atoms with Crippen molar-refractivity contribution in [3.8, 4) is 0 Å². The molecular weight excluding hydrogens is 260 g/mol. The Bertz CT molecular complexity index is 435. The quantitative estimate of drug-likeness (QED) is 0.830. The van der Waals surface area contributed by atoms with E-state index in [2.05, 4.69) is 30.9 Å². The van der Waals surface area contributed by atoms with Crippen LogP contribution in [0, 0.1) is 5.41 Å². The van der Waals surface area contributed by atoms with E-state index in [1.807, 2.05) is 11.8 Å². The fourth-order valence-electron chi connectivity index (χ4n) is 3.01. The summed E-state index contributed by atoms with van der Waals surface area (Å²) >= 11 is 1.93. The van der Waals surface area contributed by atoms with E-state index < -0.39 is 0 Å². The molecule has 0 bridgehead atoms. The van der Waals surface area contributed by atoms with Gasteiger partial charge in [-0.15, -0.1) is 11.8 Å². The topological polar surface area (TPSA) is 48.2 Å². The SMILES string of the molecule is CC(C)(C)[C@H]1OCC[C@@H]1c1noc([C@@H]2CCCS2)n1. The first-order valence-corrected chi connectivity index (χ1v) is 8.17. The summed E-state index contributed by atoms with van der Waals surface area (Å²) in [5.41, 5.74) is 0.115. The molecule has 3 heterocycles. The fraction of sp³-hybridized carbons (Fsp3) is 0.857. The third-order valence-electron chi connectivity index (χ3n) is 3.94. The molecule has 2 fully saturated rings. The predicted octanol–water partition coefficient (Wildman–Crippen LogP) is 3.56. The Morgan fingerprint density at radius 1 is 1.26 bits per heavy atom. The molecule has 0 aliphatic carbocycles. The van der Waals surface area contributed by atoms with Crippen molar-refractivity contribution in [2.75, 3.05) is 12.4 Å². The summed E-state index contributed by atoms with van der Waals surface area (Å²) in [5, 5.41) is 4.64. The number of hydrogen-bond acceptors (Lipinski definition) is 5. The van der Waals surface area contributed by atoms with E-state index >= 15 is 0 Å². The number of hydrogen-bond donors (Lipinski definition) is 0. The molecule has 1 aromatic rings. The van der Waals surface area contributed by atoms with Gasteiger partial charge in [0.05, 0.1) is 17.3 Å². The number of nitrogens with zero attached hydrogens (tertiary/aromatic N) is 2. The first-order valence-electron chi connectivity index (χ1n) is 7.12. The summed E-state index contributed by atoms with van der Waals surface area (Å²) in [6.07, 6.45) is 3.60. The molecule has 3 rings (SSSR count). The molecule has 3 atom stereocenters. The Kier molecular flexibility index (Phi) is 3.60. The Morgan fingerprint density at radius 3 is 2.79 bits per heavy atom. The number of thioether (sulfide) groups is 1. The van der Waals surface area contributed by atoms with Crippen molar-refractivity contribution in [1.82, 2.24) is 10.1 Å². The van der Waals surface area contributed by atoms with E-state index in [0.717, 1.165) is 31.2 Å². The highest BCUT2D eigenvalue weighted by Crippen LogP contribution is 2.42. The molecule has 2 aliphatic rings. The third kappa shape index (κ3) is 2.68. The molecule has 2 saturated heterocycles. The van der Waals surface area contributed by atoms with Crippen LogP contribution in [0.5, 0.6) is 0 Å². The minimum atomic E-state index is 0.115. The molecule has 2 aliphatic heterocycles. The van der Waals surface area contributed by atoms with Crippen LogP contribution in [0.15, 0.2) is 4.52 Å². The highest BCUT2D eigenvalue weighted by Gasteiger charge is 2.41. The van der Waals surface area contributed by atoms with Gasteiger partial charge < -0.3 is 9.26 Å². The zero-order chi connectivity index (χ0) is 13.5. The Labute approximate surface area is 118 Å². The smallest absolute Gasteiger partial charge is 0.239 e. The average Bonchev–Trinajstić information content (AvgIpc) is 3.09. The van der Waals surface area contributed by atoms with Crippen LogP contribution in [-0.2, 0) is 4.74 Å². The molecule has 0 saturated carbocycles. The summed E-state index contributed by atoms with van der Waals surface area (Å²) in [5.74, 6) is 3.15. The number of aromatic nitrogens is 2. The molecule has 4 nitrogen and oxygen atoms in total. The lowest BCUT2D eigenvalue weighted by Gasteiger charge is -2.29. The van der Waals surface area contributed by atoms with Gasteiger partial charge in [0.2, 0.25) is 5.89 Å². The summed E-state index contributed by atoms with van der Waals surface area (Å²) in [7, 11) is 0. The van der Waals surface area contributed by atoms with Crippen LogP contribution in [0.25, 0.3) is 0 Å². The van der Waals surface area contributed by atoms with Crippen molar-refractivity contribution in [1.29, 1.82) is 0 Å². The predicted molar refractivity (Wildman–Crippen MR) is 75.3 cm³/mol. The zero-order valence-electron chi connectivity index (χ0n) is 11.9. The first kappa shape index (κ1) is 13.4. The summed E-state index contributed by atoms with van der Waals surface area (Å²) in [6, 6.07) is 0. The molecule has 0 unspecified atom stereocenters. The van der Waals surface area contributed by atoms with Gasteiger partial charge in [0, 0.05) is 6.61 Å². The fourth-order valence-corrected chi connectivity index (χ4v) is 4.20. The van der Waals surface area contributed by atoms with Crippen molar-refractivity contribution < 1.29 is 9.26 Å². The monoisotopic (exact) mass is 282 g/mol. The lowest BCUT2D eigenvalue weighted by Crippen LogP contribution is -2.30. The molecule has 0 aromatic carbocycles. The van der Waals surface area contributed by atoms with Crippen molar-refractivity contribution >= 4 is 11.8 Å². The van der Waals surface area contributed by atoms with Gasteiger partial charge in [0.15, 0.2) is 5.82 Å². The standard InChI is InChI=1S/C14H22N2O2S/c1-14(2,3)11-9(6-7-17-11)12-15-13(18-16-12)10-5-4-8-19-10/h9-11H,4-8H2,1-3H3/t9-,10-,11-/m0/s1. The van der Waals surface area contributed by atoms with Crippen LogP contribution in [0.1, 0.15) is 62.9 Å². The van der Waals surface area contributed by atoms with Crippen molar-refractivity contribution in [3.63, 3.8) is 0 Å². The lowest BCUT2D eigenvalue weighted by atomic mass is 9.81. The molecule has 0 radical (unpaired) electrons. The van der Waals surface area contributed by atoms with E-state index in [1.54, 1.807) is 0 Å². The summed E-state index contributed by atoms with van der Waals surface area (Å²) in [6.45, 7) is 7.44. The molecule has 0 spiro atoms. The molecule has 106 valence electrons. The highest BCUT2D eigenvalue weighted by molar-refractivity contribution is 7.99. The van der Waals surface area contributed by atoms with Gasteiger partial charge in [-0.1, -0.05) is 25.9 Å². The van der Waals surface area contributed by atoms with Crippen LogP contribution in [0.2, 0.25) is 0 Å². The van der Waals surface area contributed by atoms with Gasteiger partial charge in [-0.25, -0.2) is 0 Å². The van der Waals surface area contributed by atoms with Crippen LogP contribution in [0.3, 0.4) is 0 Å². The average molecular weight is 282 g/mol. The first-order chi connectivity index (χ1) is 9.05. The van der Waals surface area contributed by atoms with Crippen molar-refractivity contribution in [2.24, 2.45) is 5.41 Å². The maximum Gasteiger partial charge on any atom is 0.239 e. The second-order valence-corrected chi connectivity index (χ2v) is 7.86. The van der Waals surface area contributed by atoms with Gasteiger partial charge in [0.1, 0.15) is 0 Å². The molecule has 0 amide bonds. The second kappa shape index (κ2) is 5.09. The molecule has 0 N–H and O–H groups in total. The highest BCUT2D eigenvalue weighted by atomic mass is 32.2. The second-order valence-electron chi connectivity index (χ2n) is 6.55. The van der Waals surface area contributed by atoms with Crippen LogP contribution >= 0.6 is 11.8 Å². The largest absolute Gasteiger partial charge is 0.377 e. The number of rotatable bonds is 2. The summed E-state index contributed by atoms with van der Waals surface area (Å²) in [4.78, 5) is 4.66. The molecular formula is C14H22N2O2S. The van der Waals surface area contributed by atoms with Gasteiger partial charge in [0.25, 0.3) is 0 Å². The third-order valence-corrected chi connectivity index (χ3v) is 5.30. The van der Waals surface area contributed by atoms with Crippen LogP contribution in [-0.4, -0.2) is 28.6 Å². The van der Waals surface area contributed by atoms with E-state index in [4.69, 9.17) is 9.26 Å². The minimum absolute atomic E-state index is 0.115. The Balaban J connectivity index is 1.78. The Morgan fingerprint density at radius 2 is 2.11 bits per heavy atom. The van der Waals surface area contributed by atoms with Gasteiger partial charge in [-0.3, -0.25) is 0 Å². The minimum Gasteiger partial charge on any atom is -0.377 e. The zero-order valence-corrected chi connectivity index (χ0v) is 12.7. The van der Waals surface area contributed by atoms with Crippen molar-refractivity contribution in [2.45, 2.75) is 57.3 Å². The van der Waals surface area contributed by atoms with E-state index in [0.29, 0.717) is 5.25 Å². The van der Waals surface area contributed by atoms with Gasteiger partial charge >= 0.3 is 0 Å². The molecule has 5 heteroatoms.